The minimum Gasteiger partial charge on any atom is -0.264 e. The lowest BCUT2D eigenvalue weighted by molar-refractivity contribution is 0.754. The maximum Gasteiger partial charge on any atom is 0.164 e. The first-order valence-corrected chi connectivity index (χ1v) is 22.7. The summed E-state index contributed by atoms with van der Waals surface area (Å²) in [6.07, 6.45) is 7.33. The average molecular weight is 871 g/mol. The van der Waals surface area contributed by atoms with Crippen molar-refractivity contribution < 1.29 is 0 Å². The Kier molecular flexibility index (Phi) is 9.45. The third-order valence-corrected chi connectivity index (χ3v) is 13.2. The lowest BCUT2D eigenvalue weighted by atomic mass is 9.61. The highest BCUT2D eigenvalue weighted by Crippen LogP contribution is 2.56. The second-order valence-electron chi connectivity index (χ2n) is 17.2. The highest BCUT2D eigenvalue weighted by atomic mass is 15.0. The van der Waals surface area contributed by atoms with Gasteiger partial charge in [-0.15, -0.1) is 0 Å². The number of hydrogen-bond acceptors (Lipinski definition) is 8. The third kappa shape index (κ3) is 6.94. The Morgan fingerprint density at radius 1 is 0.221 bits per heavy atom. The molecule has 3 aliphatic carbocycles. The van der Waals surface area contributed by atoms with Crippen molar-refractivity contribution in [2.45, 2.75) is 11.8 Å². The first kappa shape index (κ1) is 39.2. The Bertz CT molecular complexity index is 3420. The van der Waals surface area contributed by atoms with Gasteiger partial charge < -0.3 is 0 Å². The van der Waals surface area contributed by atoms with E-state index in [4.69, 9.17) is 29.9 Å². The SMILES string of the molecule is c1ccc(-c2nc(-c3ccc(-c4cccnc4)cc3)nc(-c3ccc4c(c3)C3c5ccccc5C4c4cc(-c5nc(-c6ccccc6)nc(-c6ccc(-c7cccnc7)cc6)n5)ccc43)n2)cc1. The van der Waals surface area contributed by atoms with Crippen molar-refractivity contribution in [1.82, 2.24) is 39.9 Å². The molecule has 0 saturated carbocycles. The summed E-state index contributed by atoms with van der Waals surface area (Å²) in [7, 11) is 0. The van der Waals surface area contributed by atoms with E-state index in [0.717, 1.165) is 55.6 Å². The predicted octanol–water partition coefficient (Wildman–Crippen LogP) is 13.2. The van der Waals surface area contributed by atoms with Crippen molar-refractivity contribution in [3.8, 4) is 90.6 Å². The molecule has 2 bridgehead atoms. The molecule has 68 heavy (non-hydrogen) atoms. The summed E-state index contributed by atoms with van der Waals surface area (Å²) in [6.45, 7) is 0. The number of pyridine rings is 2. The molecule has 8 nitrogen and oxygen atoms in total. The lowest BCUT2D eigenvalue weighted by Crippen LogP contribution is -2.27. The van der Waals surface area contributed by atoms with E-state index >= 15 is 0 Å². The Balaban J connectivity index is 0.902. The molecule has 0 N–H and O–H groups in total. The standard InChI is InChI=1S/C60H38N8/c1-3-11-39(12-4-1)55-63-57(41-23-19-37(20-24-41)45-15-9-31-61-35-45)67-59(65-55)43-27-29-49-51(33-43)53-47-17-7-8-18-48(47)54(49)52-34-44(28-30-50(52)53)60-66-56(40-13-5-2-6-14-40)64-58(68-60)42-25-21-38(22-26-42)46-16-10-32-62-36-46/h1-36,53-54H. The van der Waals surface area contributed by atoms with Crippen LogP contribution in [0.3, 0.4) is 0 Å². The van der Waals surface area contributed by atoms with E-state index in [2.05, 4.69) is 131 Å². The fraction of sp³-hybridized carbons (Fsp3) is 0.0333. The highest BCUT2D eigenvalue weighted by molar-refractivity contribution is 5.77. The first-order valence-electron chi connectivity index (χ1n) is 22.7. The molecule has 2 atom stereocenters. The maximum atomic E-state index is 5.17. The van der Waals surface area contributed by atoms with Gasteiger partial charge in [0, 0.05) is 70.0 Å². The zero-order chi connectivity index (χ0) is 45.0. The summed E-state index contributed by atoms with van der Waals surface area (Å²) >= 11 is 0. The molecule has 0 aliphatic heterocycles. The fourth-order valence-corrected chi connectivity index (χ4v) is 9.89. The van der Waals surface area contributed by atoms with Crippen LogP contribution in [0.1, 0.15) is 45.2 Å². The van der Waals surface area contributed by atoms with Gasteiger partial charge in [-0.1, -0.05) is 170 Å². The van der Waals surface area contributed by atoms with Gasteiger partial charge in [-0.3, -0.25) is 9.97 Å². The number of rotatable bonds is 8. The molecule has 2 unspecified atom stereocenters. The molecule has 0 fully saturated rings. The minimum atomic E-state index is 0.0113. The van der Waals surface area contributed by atoms with Crippen LogP contribution >= 0.6 is 0 Å². The number of hydrogen-bond donors (Lipinski definition) is 0. The van der Waals surface area contributed by atoms with E-state index in [9.17, 15) is 0 Å². The van der Waals surface area contributed by atoms with Crippen molar-refractivity contribution in [3.63, 3.8) is 0 Å². The Labute approximate surface area is 392 Å². The van der Waals surface area contributed by atoms with Crippen molar-refractivity contribution in [2.75, 3.05) is 0 Å². The van der Waals surface area contributed by atoms with Crippen LogP contribution in [0.4, 0.5) is 0 Å². The highest BCUT2D eigenvalue weighted by Gasteiger charge is 2.41. The zero-order valence-corrected chi connectivity index (χ0v) is 36.5. The van der Waals surface area contributed by atoms with Crippen molar-refractivity contribution in [1.29, 1.82) is 0 Å². The van der Waals surface area contributed by atoms with Crippen molar-refractivity contribution in [3.05, 3.63) is 252 Å². The van der Waals surface area contributed by atoms with Crippen LogP contribution in [0, 0.1) is 0 Å². The van der Waals surface area contributed by atoms with Gasteiger partial charge >= 0.3 is 0 Å². The van der Waals surface area contributed by atoms with E-state index in [1.807, 2.05) is 85.2 Å². The van der Waals surface area contributed by atoms with Gasteiger partial charge in [-0.25, -0.2) is 29.9 Å². The molecule has 0 radical (unpaired) electrons. The molecule has 0 amide bonds. The summed E-state index contributed by atoms with van der Waals surface area (Å²) in [5, 5.41) is 0. The molecule has 3 aliphatic rings. The minimum absolute atomic E-state index is 0.0113. The van der Waals surface area contributed by atoms with Crippen molar-refractivity contribution >= 4 is 0 Å². The van der Waals surface area contributed by atoms with Crippen LogP contribution < -0.4 is 0 Å². The number of nitrogens with zero attached hydrogens (tertiary/aromatic N) is 8. The van der Waals surface area contributed by atoms with Gasteiger partial charge in [0.25, 0.3) is 0 Å². The second kappa shape index (κ2) is 16.4. The van der Waals surface area contributed by atoms with Crippen LogP contribution in [0.15, 0.2) is 219 Å². The van der Waals surface area contributed by atoms with Crippen LogP contribution in [0.2, 0.25) is 0 Å². The Morgan fingerprint density at radius 3 is 0.882 bits per heavy atom. The summed E-state index contributed by atoms with van der Waals surface area (Å²) in [5.41, 5.74) is 17.6. The second-order valence-corrected chi connectivity index (χ2v) is 17.2. The molecule has 4 heterocycles. The third-order valence-electron chi connectivity index (χ3n) is 13.2. The van der Waals surface area contributed by atoms with E-state index in [-0.39, 0.29) is 11.8 Å². The fourth-order valence-electron chi connectivity index (χ4n) is 9.89. The summed E-state index contributed by atoms with van der Waals surface area (Å²) < 4.78 is 0. The number of benzene rings is 7. The number of aromatic nitrogens is 8. The molecular formula is C60H38N8. The average Bonchev–Trinajstić information content (AvgIpc) is 3.43. The Morgan fingerprint density at radius 2 is 0.515 bits per heavy atom. The maximum absolute atomic E-state index is 5.17. The van der Waals surface area contributed by atoms with Crippen LogP contribution in [-0.2, 0) is 0 Å². The van der Waals surface area contributed by atoms with E-state index in [1.165, 1.54) is 33.4 Å². The van der Waals surface area contributed by atoms with Gasteiger partial charge in [-0.05, 0) is 79.9 Å². The Hall–Kier alpha value is -9.14. The van der Waals surface area contributed by atoms with Gasteiger partial charge in [-0.2, -0.15) is 0 Å². The van der Waals surface area contributed by atoms with E-state index in [1.54, 1.807) is 12.4 Å². The molecule has 0 saturated heterocycles. The lowest BCUT2D eigenvalue weighted by Gasteiger charge is -2.42. The van der Waals surface area contributed by atoms with Gasteiger partial charge in [0.2, 0.25) is 0 Å². The van der Waals surface area contributed by atoms with Gasteiger partial charge in [0.1, 0.15) is 0 Å². The van der Waals surface area contributed by atoms with Crippen LogP contribution in [0.25, 0.3) is 90.6 Å². The van der Waals surface area contributed by atoms with E-state index in [0.29, 0.717) is 34.9 Å². The summed E-state index contributed by atoms with van der Waals surface area (Å²) in [4.78, 5) is 39.3. The quantitative estimate of drug-likeness (QED) is 0.149. The summed E-state index contributed by atoms with van der Waals surface area (Å²) in [5.74, 6) is 3.77. The monoisotopic (exact) mass is 870 g/mol. The topological polar surface area (TPSA) is 103 Å². The largest absolute Gasteiger partial charge is 0.264 e. The molecule has 7 aromatic carbocycles. The van der Waals surface area contributed by atoms with Crippen molar-refractivity contribution in [2.24, 2.45) is 0 Å². The molecule has 14 rings (SSSR count). The zero-order valence-electron chi connectivity index (χ0n) is 36.5. The molecule has 11 aromatic rings. The molecule has 4 aromatic heterocycles. The van der Waals surface area contributed by atoms with Gasteiger partial charge in [0.15, 0.2) is 34.9 Å². The molecule has 318 valence electrons. The van der Waals surface area contributed by atoms with Crippen LogP contribution in [-0.4, -0.2) is 39.9 Å². The summed E-state index contributed by atoms with van der Waals surface area (Å²) in [6, 6.07) is 67.4. The predicted molar refractivity (Wildman–Crippen MR) is 267 cm³/mol. The smallest absolute Gasteiger partial charge is 0.164 e. The van der Waals surface area contributed by atoms with Gasteiger partial charge in [0.05, 0.1) is 0 Å². The normalized spacial score (nSPS) is 14.2. The van der Waals surface area contributed by atoms with Crippen LogP contribution in [0.5, 0.6) is 0 Å². The van der Waals surface area contributed by atoms with E-state index < -0.39 is 0 Å². The molecule has 0 spiro atoms. The molecular weight excluding hydrogens is 833 g/mol. The first-order chi connectivity index (χ1) is 33.7. The molecule has 8 heteroatoms.